The number of guanidine groups is 1. The van der Waals surface area contributed by atoms with E-state index in [2.05, 4.69) is 58.0 Å². The van der Waals surface area contributed by atoms with Gasteiger partial charge in [0.15, 0.2) is 5.96 Å². The topological polar surface area (TPSA) is 43.8 Å². The molecule has 1 aromatic heterocycles. The van der Waals surface area contributed by atoms with Crippen LogP contribution in [0.3, 0.4) is 0 Å². The van der Waals surface area contributed by atoms with Crippen molar-refractivity contribution in [3.8, 4) is 0 Å². The molecule has 2 aliphatic rings. The van der Waals surface area contributed by atoms with Crippen LogP contribution in [0.1, 0.15) is 27.2 Å². The van der Waals surface area contributed by atoms with E-state index in [4.69, 9.17) is 0 Å². The van der Waals surface area contributed by atoms with E-state index in [9.17, 15) is 0 Å². The van der Waals surface area contributed by atoms with Crippen LogP contribution in [0.25, 0.3) is 0 Å². The Bertz CT molecular complexity index is 517. The van der Waals surface area contributed by atoms with E-state index in [0.29, 0.717) is 11.5 Å². The first-order valence-electron chi connectivity index (χ1n) is 8.32. The van der Waals surface area contributed by atoms with Crippen molar-refractivity contribution in [1.29, 1.82) is 0 Å². The zero-order valence-corrected chi connectivity index (χ0v) is 13.9. The predicted molar refractivity (Wildman–Crippen MR) is 91.3 cm³/mol. The summed E-state index contributed by atoms with van der Waals surface area (Å²) in [4.78, 5) is 13.9. The third kappa shape index (κ3) is 3.34. The number of nitrogens with one attached hydrogen (secondary N) is 1. The molecule has 22 heavy (non-hydrogen) atoms. The summed E-state index contributed by atoms with van der Waals surface area (Å²) in [5.74, 6) is 2.16. The molecule has 0 bridgehead atoms. The number of aromatic nitrogens is 1. The van der Waals surface area contributed by atoms with Crippen LogP contribution in [0.5, 0.6) is 0 Å². The van der Waals surface area contributed by atoms with Gasteiger partial charge in [-0.2, -0.15) is 0 Å². The monoisotopic (exact) mass is 301 g/mol. The molecule has 1 unspecified atom stereocenters. The van der Waals surface area contributed by atoms with Gasteiger partial charge in [-0.05, 0) is 30.9 Å². The second-order valence-corrected chi connectivity index (χ2v) is 6.85. The number of nitrogens with zero attached hydrogens (tertiary/aromatic N) is 4. The Balaban J connectivity index is 1.58. The molecular formula is C17H27N5. The minimum Gasteiger partial charge on any atom is -0.353 e. The first-order valence-corrected chi connectivity index (χ1v) is 8.32. The quantitative estimate of drug-likeness (QED) is 0.685. The van der Waals surface area contributed by atoms with Gasteiger partial charge in [0, 0.05) is 45.0 Å². The number of rotatable bonds is 3. The molecule has 0 radical (unpaired) electrons. The van der Waals surface area contributed by atoms with Crippen molar-refractivity contribution < 1.29 is 0 Å². The van der Waals surface area contributed by atoms with Gasteiger partial charge in [-0.25, -0.2) is 4.98 Å². The van der Waals surface area contributed by atoms with Crippen LogP contribution < -0.4 is 10.2 Å². The molecule has 2 fully saturated rings. The van der Waals surface area contributed by atoms with Gasteiger partial charge < -0.3 is 15.1 Å². The highest BCUT2D eigenvalue weighted by atomic mass is 15.4. The fraction of sp³-hybridized carbons (Fsp3) is 0.647. The SMILES string of the molecule is CCN=C(NC1CC1(C)C)N1CCN(c2ccccn2)CC1. The summed E-state index contributed by atoms with van der Waals surface area (Å²) in [6.07, 6.45) is 3.10. The van der Waals surface area contributed by atoms with E-state index in [1.165, 1.54) is 6.42 Å². The molecule has 2 heterocycles. The number of piperazine rings is 1. The Morgan fingerprint density at radius 2 is 2.05 bits per heavy atom. The average Bonchev–Trinajstić information content (AvgIpc) is 3.14. The molecule has 120 valence electrons. The lowest BCUT2D eigenvalue weighted by Gasteiger charge is -2.37. The molecule has 1 aliphatic heterocycles. The normalized spacial score (nSPS) is 24.3. The van der Waals surface area contributed by atoms with Gasteiger partial charge in [-0.3, -0.25) is 4.99 Å². The Morgan fingerprint density at radius 3 is 2.59 bits per heavy atom. The highest BCUT2D eigenvalue weighted by molar-refractivity contribution is 5.81. The van der Waals surface area contributed by atoms with Crippen molar-refractivity contribution in [2.45, 2.75) is 33.2 Å². The summed E-state index contributed by atoms with van der Waals surface area (Å²) in [6, 6.07) is 6.68. The Morgan fingerprint density at radius 1 is 1.32 bits per heavy atom. The molecule has 3 rings (SSSR count). The van der Waals surface area contributed by atoms with Crippen LogP contribution in [0, 0.1) is 5.41 Å². The lowest BCUT2D eigenvalue weighted by Crippen LogP contribution is -2.53. The molecule has 1 saturated heterocycles. The molecule has 1 aromatic rings. The highest BCUT2D eigenvalue weighted by Crippen LogP contribution is 2.44. The predicted octanol–water partition coefficient (Wildman–Crippen LogP) is 1.97. The van der Waals surface area contributed by atoms with Crippen LogP contribution in [0.4, 0.5) is 5.82 Å². The third-order valence-electron chi connectivity index (χ3n) is 4.68. The van der Waals surface area contributed by atoms with Crippen molar-refractivity contribution in [3.05, 3.63) is 24.4 Å². The van der Waals surface area contributed by atoms with Crippen LogP contribution >= 0.6 is 0 Å². The minimum absolute atomic E-state index is 0.421. The van der Waals surface area contributed by atoms with E-state index >= 15 is 0 Å². The summed E-state index contributed by atoms with van der Waals surface area (Å²) in [5.41, 5.74) is 0.421. The second-order valence-electron chi connectivity index (χ2n) is 6.85. The van der Waals surface area contributed by atoms with E-state index in [-0.39, 0.29) is 0 Å². The Kier molecular flexibility index (Phi) is 4.23. The zero-order valence-electron chi connectivity index (χ0n) is 13.9. The second kappa shape index (κ2) is 6.15. The maximum absolute atomic E-state index is 4.69. The van der Waals surface area contributed by atoms with E-state index < -0.39 is 0 Å². The van der Waals surface area contributed by atoms with Crippen molar-refractivity contribution in [2.75, 3.05) is 37.6 Å². The van der Waals surface area contributed by atoms with E-state index in [1.54, 1.807) is 0 Å². The van der Waals surface area contributed by atoms with Gasteiger partial charge in [0.1, 0.15) is 5.82 Å². The van der Waals surface area contributed by atoms with Gasteiger partial charge in [-0.15, -0.1) is 0 Å². The van der Waals surface area contributed by atoms with Gasteiger partial charge >= 0.3 is 0 Å². The molecular weight excluding hydrogens is 274 g/mol. The van der Waals surface area contributed by atoms with Gasteiger partial charge in [0.05, 0.1) is 0 Å². The minimum atomic E-state index is 0.421. The summed E-state index contributed by atoms with van der Waals surface area (Å²) >= 11 is 0. The number of anilines is 1. The third-order valence-corrected chi connectivity index (χ3v) is 4.68. The molecule has 1 N–H and O–H groups in total. The largest absolute Gasteiger partial charge is 0.353 e. The van der Waals surface area contributed by atoms with E-state index in [1.807, 2.05) is 12.3 Å². The molecule has 0 amide bonds. The summed E-state index contributed by atoms with van der Waals surface area (Å²) < 4.78 is 0. The summed E-state index contributed by atoms with van der Waals surface area (Å²) in [7, 11) is 0. The van der Waals surface area contributed by atoms with Crippen molar-refractivity contribution in [2.24, 2.45) is 10.4 Å². The van der Waals surface area contributed by atoms with Crippen molar-refractivity contribution >= 4 is 11.8 Å². The number of hydrogen-bond donors (Lipinski definition) is 1. The lowest BCUT2D eigenvalue weighted by molar-refractivity contribution is 0.368. The molecule has 1 aliphatic carbocycles. The maximum atomic E-state index is 4.69. The molecule has 1 atom stereocenters. The van der Waals surface area contributed by atoms with Crippen LogP contribution in [-0.4, -0.2) is 54.6 Å². The zero-order chi connectivity index (χ0) is 15.6. The first kappa shape index (κ1) is 15.1. The fourth-order valence-corrected chi connectivity index (χ4v) is 2.94. The maximum Gasteiger partial charge on any atom is 0.194 e. The fourth-order valence-electron chi connectivity index (χ4n) is 2.94. The summed E-state index contributed by atoms with van der Waals surface area (Å²) in [6.45, 7) is 11.5. The van der Waals surface area contributed by atoms with Crippen LogP contribution in [-0.2, 0) is 0 Å². The highest BCUT2D eigenvalue weighted by Gasteiger charge is 2.46. The van der Waals surface area contributed by atoms with Gasteiger partial charge in [-0.1, -0.05) is 19.9 Å². The molecule has 5 heteroatoms. The van der Waals surface area contributed by atoms with Gasteiger partial charge in [0.2, 0.25) is 0 Å². The average molecular weight is 301 g/mol. The van der Waals surface area contributed by atoms with Crippen LogP contribution in [0.2, 0.25) is 0 Å². The molecule has 0 aromatic carbocycles. The number of pyridine rings is 1. The van der Waals surface area contributed by atoms with Crippen molar-refractivity contribution in [1.82, 2.24) is 15.2 Å². The van der Waals surface area contributed by atoms with Gasteiger partial charge in [0.25, 0.3) is 0 Å². The molecule has 0 spiro atoms. The van der Waals surface area contributed by atoms with Crippen molar-refractivity contribution in [3.63, 3.8) is 0 Å². The smallest absolute Gasteiger partial charge is 0.194 e. The Labute approximate surface area is 133 Å². The van der Waals surface area contributed by atoms with E-state index in [0.717, 1.165) is 44.5 Å². The Hall–Kier alpha value is -1.78. The lowest BCUT2D eigenvalue weighted by atomic mass is 10.2. The molecule has 1 saturated carbocycles. The first-order chi connectivity index (χ1) is 10.6. The summed E-state index contributed by atoms with van der Waals surface area (Å²) in [5, 5.41) is 3.65. The molecule has 5 nitrogen and oxygen atoms in total. The van der Waals surface area contributed by atoms with Crippen LogP contribution in [0.15, 0.2) is 29.4 Å². The standard InChI is InChI=1S/C17H27N5/c1-4-18-16(20-14-13-17(14,2)3)22-11-9-21(10-12-22)15-7-5-6-8-19-15/h5-8,14H,4,9-13H2,1-3H3,(H,18,20). The number of hydrogen-bond acceptors (Lipinski definition) is 3. The number of aliphatic imine (C=N–C) groups is 1.